The van der Waals surface area contributed by atoms with E-state index in [4.69, 9.17) is 23.2 Å². The molecule has 5 nitrogen and oxygen atoms in total. The summed E-state index contributed by atoms with van der Waals surface area (Å²) in [6, 6.07) is 6.33. The smallest absolute Gasteiger partial charge is 0.341 e. The molecule has 9 heteroatoms. The summed E-state index contributed by atoms with van der Waals surface area (Å²) in [6.45, 7) is -0.0250. The van der Waals surface area contributed by atoms with Crippen molar-refractivity contribution < 1.29 is 23.8 Å². The first-order valence-corrected chi connectivity index (χ1v) is 7.48. The molecular formula is C16H10Cl2F2N2O3. The van der Waals surface area contributed by atoms with Gasteiger partial charge < -0.3 is 10.2 Å². The molecular weight excluding hydrogens is 377 g/mol. The van der Waals surface area contributed by atoms with Crippen molar-refractivity contribution in [2.45, 2.75) is 6.54 Å². The van der Waals surface area contributed by atoms with Gasteiger partial charge in [-0.05, 0) is 23.8 Å². The van der Waals surface area contributed by atoms with Crippen molar-refractivity contribution >= 4 is 41.1 Å². The van der Waals surface area contributed by atoms with Gasteiger partial charge >= 0.3 is 5.97 Å². The maximum Gasteiger partial charge on any atom is 0.341 e. The van der Waals surface area contributed by atoms with Crippen molar-refractivity contribution in [1.29, 1.82) is 0 Å². The van der Waals surface area contributed by atoms with Crippen LogP contribution in [0.4, 0.5) is 8.78 Å². The molecule has 0 aliphatic heterocycles. The number of hydrogen-bond acceptors (Lipinski definition) is 4. The quantitative estimate of drug-likeness (QED) is 0.347. The lowest BCUT2D eigenvalue weighted by atomic mass is 10.1. The zero-order valence-corrected chi connectivity index (χ0v) is 13.9. The van der Waals surface area contributed by atoms with E-state index >= 15 is 0 Å². The number of aromatic nitrogens is 1. The van der Waals surface area contributed by atoms with Crippen molar-refractivity contribution in [2.75, 3.05) is 0 Å². The average molecular weight is 387 g/mol. The van der Waals surface area contributed by atoms with Crippen LogP contribution in [-0.4, -0.2) is 27.4 Å². The lowest BCUT2D eigenvalue weighted by Crippen LogP contribution is -2.07. The van der Waals surface area contributed by atoms with E-state index in [9.17, 15) is 23.8 Å². The van der Waals surface area contributed by atoms with Gasteiger partial charge in [-0.15, -0.1) is 0 Å². The fraction of sp³-hybridized carbons (Fsp3) is 0.0625. The Balaban J connectivity index is 2.36. The molecule has 0 unspecified atom stereocenters. The Kier molecular flexibility index (Phi) is 6.06. The van der Waals surface area contributed by atoms with Gasteiger partial charge in [0.1, 0.15) is 22.3 Å². The van der Waals surface area contributed by atoms with E-state index in [1.807, 2.05) is 0 Å². The number of carboxylic acids is 1. The molecule has 1 heterocycles. The Bertz CT molecular complexity index is 886. The topological polar surface area (TPSA) is 82.8 Å². The summed E-state index contributed by atoms with van der Waals surface area (Å²) in [5.74, 6) is -3.79. The van der Waals surface area contributed by atoms with Crippen molar-refractivity contribution in [3.05, 3.63) is 69.0 Å². The number of carbonyl (C=O) groups is 1. The summed E-state index contributed by atoms with van der Waals surface area (Å²) in [5, 5.41) is 18.4. The highest BCUT2D eigenvalue weighted by molar-refractivity contribution is 6.33. The minimum absolute atomic E-state index is 0.0250. The molecule has 0 spiro atoms. The van der Waals surface area contributed by atoms with Crippen LogP contribution in [0.1, 0.15) is 11.1 Å². The third-order valence-electron chi connectivity index (χ3n) is 3.01. The fourth-order valence-electron chi connectivity index (χ4n) is 1.85. The number of halogens is 4. The van der Waals surface area contributed by atoms with E-state index < -0.39 is 34.1 Å². The molecule has 0 aliphatic carbocycles. The largest absolute Gasteiger partial charge is 0.506 e. The van der Waals surface area contributed by atoms with Crippen LogP contribution in [0.15, 0.2) is 40.9 Å². The Hall–Kier alpha value is -2.51. The molecule has 1 aromatic carbocycles. The number of aliphatic imine (C=N–C) groups is 1. The summed E-state index contributed by atoms with van der Waals surface area (Å²) in [7, 11) is 0. The Morgan fingerprint density at radius 1 is 1.20 bits per heavy atom. The number of pyridine rings is 1. The van der Waals surface area contributed by atoms with Gasteiger partial charge in [-0.2, -0.15) is 0 Å². The monoisotopic (exact) mass is 386 g/mol. The Morgan fingerprint density at radius 3 is 2.56 bits per heavy atom. The van der Waals surface area contributed by atoms with Crippen molar-refractivity contribution in [1.82, 2.24) is 4.98 Å². The minimum atomic E-state index is -1.52. The molecule has 0 fully saturated rings. The first-order valence-electron chi connectivity index (χ1n) is 6.72. The molecule has 0 amide bonds. The van der Waals surface area contributed by atoms with Crippen LogP contribution in [0.3, 0.4) is 0 Å². The lowest BCUT2D eigenvalue weighted by Gasteiger charge is -2.06. The minimum Gasteiger partial charge on any atom is -0.506 e. The highest BCUT2D eigenvalue weighted by Gasteiger charge is 2.19. The number of aliphatic hydroxyl groups excluding tert-OH is 1. The number of carboxylic acid groups (broad SMARTS) is 1. The van der Waals surface area contributed by atoms with E-state index in [1.54, 1.807) is 6.07 Å². The van der Waals surface area contributed by atoms with Crippen LogP contribution in [0, 0.1) is 11.6 Å². The number of benzene rings is 1. The molecule has 2 N–H and O–H groups in total. The molecule has 0 bridgehead atoms. The van der Waals surface area contributed by atoms with Crippen LogP contribution >= 0.6 is 23.2 Å². The molecule has 2 aromatic rings. The van der Waals surface area contributed by atoms with Gasteiger partial charge in [0, 0.05) is 6.21 Å². The lowest BCUT2D eigenvalue weighted by molar-refractivity contribution is -0.132. The summed E-state index contributed by atoms with van der Waals surface area (Å²) in [5.41, 5.74) is -0.488. The van der Waals surface area contributed by atoms with Crippen LogP contribution in [0.25, 0.3) is 5.76 Å². The molecule has 0 atom stereocenters. The highest BCUT2D eigenvalue weighted by atomic mass is 35.5. The van der Waals surface area contributed by atoms with Gasteiger partial charge in [-0.25, -0.2) is 18.6 Å². The maximum atomic E-state index is 13.5. The second kappa shape index (κ2) is 8.04. The SMILES string of the molecule is O=C(O)C(C=NCc1cccc(F)c1)=C(O)c1cc(F)c(Cl)nc1Cl. The van der Waals surface area contributed by atoms with E-state index in [-0.39, 0.29) is 17.3 Å². The van der Waals surface area contributed by atoms with Gasteiger partial charge in [0.2, 0.25) is 0 Å². The predicted octanol–water partition coefficient (Wildman–Crippen LogP) is 4.29. The summed E-state index contributed by atoms with van der Waals surface area (Å²) in [6.07, 6.45) is 0.866. The first-order chi connectivity index (χ1) is 11.8. The van der Waals surface area contributed by atoms with E-state index in [1.165, 1.54) is 18.2 Å². The fourth-order valence-corrected chi connectivity index (χ4v) is 2.26. The molecule has 0 saturated heterocycles. The third kappa shape index (κ3) is 4.74. The van der Waals surface area contributed by atoms with Crippen LogP contribution in [0.5, 0.6) is 0 Å². The van der Waals surface area contributed by atoms with Gasteiger partial charge in [-0.3, -0.25) is 4.99 Å². The van der Waals surface area contributed by atoms with Gasteiger partial charge in [-0.1, -0.05) is 35.3 Å². The highest BCUT2D eigenvalue weighted by Crippen LogP contribution is 2.26. The molecule has 0 radical (unpaired) electrons. The number of nitrogens with zero attached hydrogens (tertiary/aromatic N) is 2. The van der Waals surface area contributed by atoms with Crippen molar-refractivity contribution in [3.8, 4) is 0 Å². The van der Waals surface area contributed by atoms with E-state index in [0.717, 1.165) is 12.3 Å². The normalized spacial score (nSPS) is 12.3. The molecule has 130 valence electrons. The van der Waals surface area contributed by atoms with Crippen LogP contribution in [0.2, 0.25) is 10.3 Å². The molecule has 0 aliphatic rings. The van der Waals surface area contributed by atoms with Crippen molar-refractivity contribution in [2.24, 2.45) is 4.99 Å². The zero-order chi connectivity index (χ0) is 18.6. The molecule has 2 rings (SSSR count). The van der Waals surface area contributed by atoms with Crippen LogP contribution < -0.4 is 0 Å². The number of aliphatic hydroxyl groups is 1. The average Bonchev–Trinajstić information content (AvgIpc) is 2.54. The maximum absolute atomic E-state index is 13.5. The van der Waals surface area contributed by atoms with Crippen molar-refractivity contribution in [3.63, 3.8) is 0 Å². The van der Waals surface area contributed by atoms with Gasteiger partial charge in [0.05, 0.1) is 12.1 Å². The van der Waals surface area contributed by atoms with Crippen LogP contribution in [-0.2, 0) is 11.3 Å². The predicted molar refractivity (Wildman–Crippen MR) is 90.0 cm³/mol. The summed E-state index contributed by atoms with van der Waals surface area (Å²) in [4.78, 5) is 18.6. The molecule has 25 heavy (non-hydrogen) atoms. The number of rotatable bonds is 5. The second-order valence-corrected chi connectivity index (χ2v) is 5.48. The summed E-state index contributed by atoms with van der Waals surface area (Å²) < 4.78 is 26.6. The van der Waals surface area contributed by atoms with Gasteiger partial charge in [0.15, 0.2) is 11.0 Å². The van der Waals surface area contributed by atoms with E-state index in [2.05, 4.69) is 9.98 Å². The Labute approximate surface area is 150 Å². The second-order valence-electron chi connectivity index (χ2n) is 4.77. The zero-order valence-electron chi connectivity index (χ0n) is 12.4. The molecule has 1 aromatic heterocycles. The third-order valence-corrected chi connectivity index (χ3v) is 3.56. The standard InChI is InChI=1S/C16H10Cl2F2N2O3/c17-14-10(5-12(20)15(18)22-14)13(23)11(16(24)25)7-21-6-8-2-1-3-9(19)4-8/h1-5,7,23H,6H2,(H,24,25). The number of hydrogen-bond donors (Lipinski definition) is 2. The van der Waals surface area contributed by atoms with Gasteiger partial charge in [0.25, 0.3) is 0 Å². The molecule has 0 saturated carbocycles. The summed E-state index contributed by atoms with van der Waals surface area (Å²) >= 11 is 11.2. The first kappa shape index (κ1) is 18.8. The number of aliphatic carboxylic acids is 1. The van der Waals surface area contributed by atoms with E-state index in [0.29, 0.717) is 5.56 Å². The Morgan fingerprint density at radius 2 is 1.92 bits per heavy atom.